The fourth-order valence-corrected chi connectivity index (χ4v) is 4.51. The third-order valence-corrected chi connectivity index (χ3v) is 6.24. The first kappa shape index (κ1) is 23.9. The Balaban J connectivity index is 1.41. The molecule has 0 saturated carbocycles. The van der Waals surface area contributed by atoms with Crippen molar-refractivity contribution in [2.45, 2.75) is 19.8 Å². The summed E-state index contributed by atoms with van der Waals surface area (Å²) in [7, 11) is 0. The molecule has 2 N–H and O–H groups in total. The van der Waals surface area contributed by atoms with E-state index in [1.807, 2.05) is 42.5 Å². The fourth-order valence-electron chi connectivity index (χ4n) is 4.51. The van der Waals surface area contributed by atoms with E-state index < -0.39 is 12.6 Å². The van der Waals surface area contributed by atoms with Gasteiger partial charge < -0.3 is 15.2 Å². The number of nitrogens with zero attached hydrogens (tertiary/aromatic N) is 1. The highest BCUT2D eigenvalue weighted by Crippen LogP contribution is 2.38. The lowest BCUT2D eigenvalue weighted by Gasteiger charge is -2.12. The van der Waals surface area contributed by atoms with Crippen LogP contribution in [0.3, 0.4) is 0 Å². The summed E-state index contributed by atoms with van der Waals surface area (Å²) in [6, 6.07) is 20.7. The Morgan fingerprint density at radius 3 is 2.43 bits per heavy atom. The van der Waals surface area contributed by atoms with Crippen molar-refractivity contribution >= 4 is 45.9 Å². The van der Waals surface area contributed by atoms with Gasteiger partial charge in [-0.2, -0.15) is 0 Å². The molecule has 1 aliphatic rings. The number of esters is 1. The molecule has 0 unspecified atom stereocenters. The summed E-state index contributed by atoms with van der Waals surface area (Å²) >= 11 is 0. The number of fused-ring (bicyclic) bond motifs is 2. The van der Waals surface area contributed by atoms with E-state index in [0.29, 0.717) is 40.6 Å². The van der Waals surface area contributed by atoms with E-state index in [9.17, 15) is 19.5 Å². The number of hydrogen-bond acceptors (Lipinski definition) is 6. The van der Waals surface area contributed by atoms with Gasteiger partial charge in [-0.05, 0) is 78.1 Å². The zero-order valence-corrected chi connectivity index (χ0v) is 20.2. The number of benzene rings is 3. The van der Waals surface area contributed by atoms with Crippen LogP contribution in [-0.2, 0) is 16.0 Å². The fraction of sp³-hybridized carbons (Fsp3) is 0.133. The molecule has 0 fully saturated rings. The van der Waals surface area contributed by atoms with Crippen LogP contribution in [-0.4, -0.2) is 34.4 Å². The van der Waals surface area contributed by atoms with Crippen molar-refractivity contribution in [2.75, 3.05) is 11.9 Å². The Bertz CT molecular complexity index is 1550. The van der Waals surface area contributed by atoms with Crippen molar-refractivity contribution < 1.29 is 24.2 Å². The summed E-state index contributed by atoms with van der Waals surface area (Å²) < 4.78 is 5.51. The molecule has 7 nitrogen and oxygen atoms in total. The number of hydrogen-bond donors (Lipinski definition) is 2. The van der Waals surface area contributed by atoms with E-state index in [0.717, 1.165) is 22.4 Å². The molecule has 0 spiro atoms. The van der Waals surface area contributed by atoms with Gasteiger partial charge in [-0.3, -0.25) is 9.59 Å². The largest absolute Gasteiger partial charge is 0.508 e. The molecule has 7 heteroatoms. The average molecular weight is 493 g/mol. The molecule has 1 aromatic heterocycles. The minimum atomic E-state index is -0.566. The van der Waals surface area contributed by atoms with Gasteiger partial charge in [0.1, 0.15) is 5.75 Å². The van der Waals surface area contributed by atoms with Crippen LogP contribution in [0.25, 0.3) is 22.6 Å². The number of ether oxygens (including phenoxy) is 1. The second-order valence-electron chi connectivity index (χ2n) is 8.85. The topological polar surface area (TPSA) is 106 Å². The van der Waals surface area contributed by atoms with Crippen LogP contribution in [0.5, 0.6) is 5.75 Å². The number of aromatic hydroxyl groups is 1. The molecule has 4 aromatic rings. The van der Waals surface area contributed by atoms with Crippen molar-refractivity contribution in [2.24, 2.45) is 0 Å². The van der Waals surface area contributed by atoms with Crippen LogP contribution >= 0.6 is 0 Å². The predicted molar refractivity (Wildman–Crippen MR) is 141 cm³/mol. The number of rotatable bonds is 6. The number of para-hydroxylation sites is 1. The van der Waals surface area contributed by atoms with E-state index in [1.54, 1.807) is 36.4 Å². The molecule has 37 heavy (non-hydrogen) atoms. The number of carbonyl (C=O) groups excluding carboxylic acids is 3. The highest BCUT2D eigenvalue weighted by molar-refractivity contribution is 6.08. The zero-order chi connectivity index (χ0) is 25.9. The Morgan fingerprint density at radius 1 is 0.973 bits per heavy atom. The molecule has 0 atom stereocenters. The SMILES string of the molecule is CC(=O)Nc1ccc(C(=O)COC(=O)c2c3c(nc4ccccc24)/C(=C/c2ccc(O)cc2)CC3)cc1. The molecule has 1 amide bonds. The Labute approximate surface area is 213 Å². The number of Topliss-reactive ketones (excluding diaryl/α,β-unsaturated/α-hetero) is 1. The van der Waals surface area contributed by atoms with Gasteiger partial charge in [0.2, 0.25) is 5.91 Å². The maximum absolute atomic E-state index is 13.3. The standard InChI is InChI=1S/C30H24N2O5/c1-18(33)31-22-11-8-20(9-12-22)27(35)17-37-30(36)28-24-4-2-3-5-26(24)32-29-21(10-15-25(28)29)16-19-6-13-23(34)14-7-19/h2-9,11-14,16,34H,10,15,17H2,1H3,(H,31,33)/b21-16+. The molecule has 0 saturated heterocycles. The summed E-state index contributed by atoms with van der Waals surface area (Å²) in [6.45, 7) is 1.00. The highest BCUT2D eigenvalue weighted by Gasteiger charge is 2.28. The number of nitrogens with one attached hydrogen (secondary N) is 1. The molecule has 0 radical (unpaired) electrons. The van der Waals surface area contributed by atoms with E-state index in [2.05, 4.69) is 5.32 Å². The van der Waals surface area contributed by atoms with Crippen LogP contribution in [0.4, 0.5) is 5.69 Å². The van der Waals surface area contributed by atoms with Gasteiger partial charge in [-0.25, -0.2) is 9.78 Å². The quantitative estimate of drug-likeness (QED) is 0.275. The first-order valence-corrected chi connectivity index (χ1v) is 11.9. The number of ketones is 1. The summed E-state index contributed by atoms with van der Waals surface area (Å²) in [4.78, 5) is 42.1. The van der Waals surface area contributed by atoms with Crippen LogP contribution < -0.4 is 5.32 Å². The molecule has 3 aromatic carbocycles. The van der Waals surface area contributed by atoms with Crippen molar-refractivity contribution in [1.82, 2.24) is 4.98 Å². The van der Waals surface area contributed by atoms with Crippen molar-refractivity contribution in [3.63, 3.8) is 0 Å². The van der Waals surface area contributed by atoms with E-state index >= 15 is 0 Å². The van der Waals surface area contributed by atoms with Gasteiger partial charge in [0.15, 0.2) is 12.4 Å². The Hall–Kier alpha value is -4.78. The van der Waals surface area contributed by atoms with Crippen LogP contribution in [0, 0.1) is 0 Å². The van der Waals surface area contributed by atoms with E-state index in [4.69, 9.17) is 9.72 Å². The second kappa shape index (κ2) is 10.1. The minimum absolute atomic E-state index is 0.196. The first-order valence-electron chi connectivity index (χ1n) is 11.9. The number of anilines is 1. The molecule has 1 heterocycles. The van der Waals surface area contributed by atoms with Crippen LogP contribution in [0.15, 0.2) is 72.8 Å². The lowest BCUT2D eigenvalue weighted by atomic mass is 10.0. The number of phenols is 1. The van der Waals surface area contributed by atoms with Gasteiger partial charge in [0.05, 0.1) is 16.8 Å². The summed E-state index contributed by atoms with van der Waals surface area (Å²) in [6.07, 6.45) is 3.34. The van der Waals surface area contributed by atoms with Gasteiger partial charge in [0.25, 0.3) is 0 Å². The molecule has 5 rings (SSSR count). The Morgan fingerprint density at radius 2 is 1.70 bits per heavy atom. The lowest BCUT2D eigenvalue weighted by molar-refractivity contribution is -0.114. The smallest absolute Gasteiger partial charge is 0.339 e. The van der Waals surface area contributed by atoms with Crippen molar-refractivity contribution in [3.05, 3.63) is 101 Å². The molecule has 1 aliphatic carbocycles. The predicted octanol–water partition coefficient (Wildman–Crippen LogP) is 5.43. The third kappa shape index (κ3) is 5.11. The zero-order valence-electron chi connectivity index (χ0n) is 20.2. The van der Waals surface area contributed by atoms with Crippen molar-refractivity contribution in [1.29, 1.82) is 0 Å². The summed E-state index contributed by atoms with van der Waals surface area (Å²) in [5.74, 6) is -0.915. The van der Waals surface area contributed by atoms with Gasteiger partial charge in [0, 0.05) is 23.6 Å². The molecule has 184 valence electrons. The lowest BCUT2D eigenvalue weighted by Crippen LogP contribution is -2.16. The minimum Gasteiger partial charge on any atom is -0.508 e. The van der Waals surface area contributed by atoms with Crippen LogP contribution in [0.1, 0.15) is 50.9 Å². The maximum atomic E-state index is 13.3. The number of pyridine rings is 1. The average Bonchev–Trinajstić information content (AvgIpc) is 3.29. The number of phenolic OH excluding ortho intramolecular Hbond substituents is 1. The molecular formula is C30H24N2O5. The summed E-state index contributed by atoms with van der Waals surface area (Å²) in [5.41, 5.74) is 5.54. The highest BCUT2D eigenvalue weighted by atomic mass is 16.5. The van der Waals surface area contributed by atoms with E-state index in [-0.39, 0.29) is 17.4 Å². The second-order valence-corrected chi connectivity index (χ2v) is 8.85. The van der Waals surface area contributed by atoms with E-state index in [1.165, 1.54) is 6.92 Å². The van der Waals surface area contributed by atoms with Gasteiger partial charge >= 0.3 is 5.97 Å². The number of carbonyl (C=O) groups is 3. The monoisotopic (exact) mass is 492 g/mol. The molecule has 0 aliphatic heterocycles. The Kier molecular flexibility index (Phi) is 6.51. The van der Waals surface area contributed by atoms with Gasteiger partial charge in [-0.15, -0.1) is 0 Å². The number of allylic oxidation sites excluding steroid dienone is 1. The normalized spacial score (nSPS) is 13.4. The van der Waals surface area contributed by atoms with Crippen LogP contribution in [0.2, 0.25) is 0 Å². The van der Waals surface area contributed by atoms with Gasteiger partial charge in [-0.1, -0.05) is 30.3 Å². The maximum Gasteiger partial charge on any atom is 0.339 e. The van der Waals surface area contributed by atoms with Crippen molar-refractivity contribution in [3.8, 4) is 5.75 Å². The summed E-state index contributed by atoms with van der Waals surface area (Å²) in [5, 5.41) is 12.9. The first-order chi connectivity index (χ1) is 17.9. The number of amides is 1. The third-order valence-electron chi connectivity index (χ3n) is 6.24. The molecular weight excluding hydrogens is 468 g/mol. The number of aromatic nitrogens is 1. The molecule has 0 bridgehead atoms.